The Bertz CT molecular complexity index is 838. The molecule has 8 heteroatoms. The summed E-state index contributed by atoms with van der Waals surface area (Å²) >= 11 is 5.98. The number of nitro benzene ring substituents is 1. The average Bonchev–Trinajstić information content (AvgIpc) is 2.56. The van der Waals surface area contributed by atoms with E-state index in [4.69, 9.17) is 16.7 Å². The molecule has 0 bridgehead atoms. The number of carboxylic acids is 1. The van der Waals surface area contributed by atoms with Crippen molar-refractivity contribution in [1.82, 2.24) is 0 Å². The van der Waals surface area contributed by atoms with E-state index in [9.17, 15) is 19.7 Å². The molecule has 0 aliphatic rings. The molecule has 1 amide bonds. The molecule has 2 N–H and O–H groups in total. The van der Waals surface area contributed by atoms with E-state index in [2.05, 4.69) is 5.32 Å². The molecule has 1 unspecified atom stereocenters. The molecule has 0 aromatic heterocycles. The number of halogens is 1. The van der Waals surface area contributed by atoms with Gasteiger partial charge in [-0.2, -0.15) is 0 Å². The zero-order valence-electron chi connectivity index (χ0n) is 13.2. The Balaban J connectivity index is 2.15. The van der Waals surface area contributed by atoms with E-state index in [0.29, 0.717) is 5.56 Å². The van der Waals surface area contributed by atoms with Gasteiger partial charge >= 0.3 is 5.97 Å². The van der Waals surface area contributed by atoms with Gasteiger partial charge in [-0.25, -0.2) is 4.79 Å². The molecule has 2 rings (SSSR count). The van der Waals surface area contributed by atoms with Crippen molar-refractivity contribution in [3.63, 3.8) is 0 Å². The third kappa shape index (κ3) is 4.54. The molecule has 0 saturated heterocycles. The number of carboxylic acid groups (broad SMARTS) is 1. The molecule has 25 heavy (non-hydrogen) atoms. The predicted molar refractivity (Wildman–Crippen MR) is 93.0 cm³/mol. The molecular weight excluding hydrogens is 348 g/mol. The van der Waals surface area contributed by atoms with Crippen LogP contribution < -0.4 is 5.32 Å². The van der Waals surface area contributed by atoms with E-state index >= 15 is 0 Å². The zero-order valence-corrected chi connectivity index (χ0v) is 14.0. The van der Waals surface area contributed by atoms with Crippen molar-refractivity contribution >= 4 is 34.9 Å². The van der Waals surface area contributed by atoms with Gasteiger partial charge < -0.3 is 10.4 Å². The van der Waals surface area contributed by atoms with Gasteiger partial charge in [0, 0.05) is 17.5 Å². The van der Waals surface area contributed by atoms with Crippen LogP contribution in [0.25, 0.3) is 0 Å². The minimum absolute atomic E-state index is 0.00829. The van der Waals surface area contributed by atoms with Crippen molar-refractivity contribution in [2.45, 2.75) is 13.3 Å². The molecule has 2 aromatic rings. The summed E-state index contributed by atoms with van der Waals surface area (Å²) in [4.78, 5) is 33.9. The smallest absolute Gasteiger partial charge is 0.335 e. The third-order valence-corrected chi connectivity index (χ3v) is 3.96. The van der Waals surface area contributed by atoms with E-state index in [1.165, 1.54) is 24.3 Å². The number of carbonyl (C=O) groups is 2. The maximum atomic E-state index is 12.3. The van der Waals surface area contributed by atoms with Crippen molar-refractivity contribution in [2.24, 2.45) is 5.92 Å². The zero-order chi connectivity index (χ0) is 18.6. The number of rotatable bonds is 6. The standard InChI is InChI=1S/C17H15ClN2O5/c1-10(8-11-4-2-3-5-15(11)20(24)25)16(21)19-14-9-12(17(22)23)6-7-13(14)18/h2-7,9-10H,8H2,1H3,(H,19,21)(H,22,23). The molecular formula is C17H15ClN2O5. The van der Waals surface area contributed by atoms with Crippen LogP contribution in [0.15, 0.2) is 42.5 Å². The molecule has 0 fully saturated rings. The Kier molecular flexibility index (Phi) is 5.71. The largest absolute Gasteiger partial charge is 0.478 e. The predicted octanol–water partition coefficient (Wildman–Crippen LogP) is 3.76. The molecule has 130 valence electrons. The van der Waals surface area contributed by atoms with Crippen LogP contribution in [0.1, 0.15) is 22.8 Å². The van der Waals surface area contributed by atoms with Gasteiger partial charge in [0.25, 0.3) is 5.69 Å². The van der Waals surface area contributed by atoms with Gasteiger partial charge in [-0.1, -0.05) is 36.7 Å². The highest BCUT2D eigenvalue weighted by atomic mass is 35.5. The molecule has 0 aliphatic carbocycles. The summed E-state index contributed by atoms with van der Waals surface area (Å²) in [5, 5.41) is 22.8. The van der Waals surface area contributed by atoms with Gasteiger partial charge in [0.05, 0.1) is 21.2 Å². The first-order chi connectivity index (χ1) is 11.8. The Morgan fingerprint density at radius 3 is 2.60 bits per heavy atom. The summed E-state index contributed by atoms with van der Waals surface area (Å²) in [6.07, 6.45) is 0.166. The number of hydrogen-bond donors (Lipinski definition) is 2. The number of nitrogens with zero attached hydrogens (tertiary/aromatic N) is 1. The molecule has 0 saturated carbocycles. The topological polar surface area (TPSA) is 110 Å². The third-order valence-electron chi connectivity index (χ3n) is 3.63. The van der Waals surface area contributed by atoms with Gasteiger partial charge in [-0.3, -0.25) is 14.9 Å². The number of para-hydroxylation sites is 1. The summed E-state index contributed by atoms with van der Waals surface area (Å²) < 4.78 is 0. The fraction of sp³-hybridized carbons (Fsp3) is 0.176. The highest BCUT2D eigenvalue weighted by Crippen LogP contribution is 2.25. The van der Waals surface area contributed by atoms with Crippen LogP contribution in [0.3, 0.4) is 0 Å². The summed E-state index contributed by atoms with van der Waals surface area (Å²) in [6, 6.07) is 10.2. The highest BCUT2D eigenvalue weighted by molar-refractivity contribution is 6.33. The lowest BCUT2D eigenvalue weighted by molar-refractivity contribution is -0.385. The molecule has 2 aromatic carbocycles. The van der Waals surface area contributed by atoms with Gasteiger partial charge in [-0.15, -0.1) is 0 Å². The number of aromatic carboxylic acids is 1. The second kappa shape index (κ2) is 7.76. The Hall–Kier alpha value is -2.93. The van der Waals surface area contributed by atoms with E-state index in [0.717, 1.165) is 0 Å². The summed E-state index contributed by atoms with van der Waals surface area (Å²) in [5.41, 5.74) is 0.570. The van der Waals surface area contributed by atoms with Crippen molar-refractivity contribution in [3.05, 3.63) is 68.7 Å². The fourth-order valence-corrected chi connectivity index (χ4v) is 2.46. The van der Waals surface area contributed by atoms with Gasteiger partial charge in [0.2, 0.25) is 5.91 Å². The Morgan fingerprint density at radius 2 is 1.96 bits per heavy atom. The van der Waals surface area contributed by atoms with Crippen molar-refractivity contribution in [3.8, 4) is 0 Å². The van der Waals surface area contributed by atoms with Crippen LogP contribution in [0.5, 0.6) is 0 Å². The average molecular weight is 363 g/mol. The number of anilines is 1. The molecule has 7 nitrogen and oxygen atoms in total. The van der Waals surface area contributed by atoms with Crippen molar-refractivity contribution in [1.29, 1.82) is 0 Å². The molecule has 0 heterocycles. The van der Waals surface area contributed by atoms with E-state index in [1.807, 2.05) is 0 Å². The van der Waals surface area contributed by atoms with Crippen molar-refractivity contribution in [2.75, 3.05) is 5.32 Å². The van der Waals surface area contributed by atoms with E-state index in [1.54, 1.807) is 25.1 Å². The van der Waals surface area contributed by atoms with E-state index in [-0.39, 0.29) is 28.4 Å². The number of benzene rings is 2. The minimum Gasteiger partial charge on any atom is -0.478 e. The van der Waals surface area contributed by atoms with Gasteiger partial charge in [0.1, 0.15) is 0 Å². The van der Waals surface area contributed by atoms with Crippen LogP contribution >= 0.6 is 11.6 Å². The second-order valence-electron chi connectivity index (χ2n) is 5.48. The summed E-state index contributed by atoms with van der Waals surface area (Å²) in [7, 11) is 0. The first-order valence-corrected chi connectivity index (χ1v) is 7.73. The molecule has 0 aliphatic heterocycles. The molecule has 1 atom stereocenters. The normalized spacial score (nSPS) is 11.6. The SMILES string of the molecule is CC(Cc1ccccc1[N+](=O)[O-])C(=O)Nc1cc(C(=O)O)ccc1Cl. The van der Waals surface area contributed by atoms with Crippen LogP contribution in [0.4, 0.5) is 11.4 Å². The number of hydrogen-bond acceptors (Lipinski definition) is 4. The number of amides is 1. The number of nitrogens with one attached hydrogen (secondary N) is 1. The first kappa shape index (κ1) is 18.4. The Morgan fingerprint density at radius 1 is 1.28 bits per heavy atom. The molecule has 0 spiro atoms. The maximum absolute atomic E-state index is 12.3. The van der Waals surface area contributed by atoms with Gasteiger partial charge in [0.15, 0.2) is 0 Å². The van der Waals surface area contributed by atoms with Crippen LogP contribution in [0.2, 0.25) is 5.02 Å². The first-order valence-electron chi connectivity index (χ1n) is 7.35. The van der Waals surface area contributed by atoms with Crippen LogP contribution in [-0.2, 0) is 11.2 Å². The van der Waals surface area contributed by atoms with E-state index < -0.39 is 22.7 Å². The minimum atomic E-state index is -1.14. The second-order valence-corrected chi connectivity index (χ2v) is 5.89. The summed E-state index contributed by atoms with van der Waals surface area (Å²) in [5.74, 6) is -2.13. The Labute approximate surface area is 148 Å². The highest BCUT2D eigenvalue weighted by Gasteiger charge is 2.20. The lowest BCUT2D eigenvalue weighted by Gasteiger charge is -2.14. The van der Waals surface area contributed by atoms with Crippen LogP contribution in [-0.4, -0.2) is 21.9 Å². The summed E-state index contributed by atoms with van der Waals surface area (Å²) in [6.45, 7) is 1.63. The quantitative estimate of drug-likeness (QED) is 0.600. The fourth-order valence-electron chi connectivity index (χ4n) is 2.29. The number of nitro groups is 1. The maximum Gasteiger partial charge on any atom is 0.335 e. The van der Waals surface area contributed by atoms with Crippen molar-refractivity contribution < 1.29 is 19.6 Å². The number of carbonyl (C=O) groups excluding carboxylic acids is 1. The lowest BCUT2D eigenvalue weighted by Crippen LogP contribution is -2.22. The van der Waals surface area contributed by atoms with Gasteiger partial charge in [-0.05, 0) is 24.6 Å². The van der Waals surface area contributed by atoms with Crippen LogP contribution in [0, 0.1) is 16.0 Å². The molecule has 0 radical (unpaired) electrons. The lowest BCUT2D eigenvalue weighted by atomic mass is 9.99. The monoisotopic (exact) mass is 362 g/mol.